The predicted molar refractivity (Wildman–Crippen MR) is 55.2 cm³/mol. The molecule has 0 aromatic carbocycles. The van der Waals surface area contributed by atoms with E-state index in [0.29, 0.717) is 0 Å². The van der Waals surface area contributed by atoms with Crippen molar-refractivity contribution in [3.8, 4) is 0 Å². The van der Waals surface area contributed by atoms with Crippen LogP contribution in [0.5, 0.6) is 0 Å². The molecule has 0 bridgehead atoms. The molecular formula is C10H19NS. The van der Waals surface area contributed by atoms with Gasteiger partial charge in [-0.1, -0.05) is 25.8 Å². The van der Waals surface area contributed by atoms with Crippen LogP contribution in [-0.4, -0.2) is 23.1 Å². The normalized spacial score (nSPS) is 34.0. The zero-order valence-corrected chi connectivity index (χ0v) is 8.99. The van der Waals surface area contributed by atoms with E-state index in [9.17, 15) is 0 Å². The molecule has 1 aliphatic carbocycles. The highest BCUT2D eigenvalue weighted by atomic mass is 32.2. The van der Waals surface area contributed by atoms with E-state index in [2.05, 4.69) is 30.1 Å². The summed E-state index contributed by atoms with van der Waals surface area (Å²) in [5.74, 6) is 2.30. The van der Waals surface area contributed by atoms with Gasteiger partial charge in [-0.15, -0.1) is 0 Å². The molecule has 1 nitrogen and oxygen atoms in total. The number of hydrogen-bond acceptors (Lipinski definition) is 2. The van der Waals surface area contributed by atoms with Crippen LogP contribution in [0.2, 0.25) is 0 Å². The summed E-state index contributed by atoms with van der Waals surface area (Å²) >= 11 is 2.09. The first-order valence-corrected chi connectivity index (χ1v) is 6.00. The second-order valence-electron chi connectivity index (χ2n) is 4.87. The lowest BCUT2D eigenvalue weighted by Crippen LogP contribution is -2.14. The zero-order valence-electron chi connectivity index (χ0n) is 8.18. The Balaban J connectivity index is 1.67. The van der Waals surface area contributed by atoms with Gasteiger partial charge >= 0.3 is 0 Å². The lowest BCUT2D eigenvalue weighted by Gasteiger charge is -2.16. The lowest BCUT2D eigenvalue weighted by atomic mass is 10.2. The molecule has 2 aliphatic rings. The molecule has 1 saturated heterocycles. The number of rotatable bonds is 3. The third-order valence-electron chi connectivity index (χ3n) is 3.09. The fourth-order valence-corrected chi connectivity index (χ4v) is 2.99. The Morgan fingerprint density at radius 2 is 2.25 bits per heavy atom. The number of hydrogen-bond donors (Lipinski definition) is 0. The molecule has 0 spiro atoms. The van der Waals surface area contributed by atoms with Crippen LogP contribution in [0.25, 0.3) is 0 Å². The average Bonchev–Trinajstić information content (AvgIpc) is 2.60. The quantitative estimate of drug-likeness (QED) is 0.622. The van der Waals surface area contributed by atoms with Crippen LogP contribution in [0.4, 0.5) is 0 Å². The van der Waals surface area contributed by atoms with Gasteiger partial charge in [0.15, 0.2) is 0 Å². The Morgan fingerprint density at radius 1 is 1.50 bits per heavy atom. The van der Waals surface area contributed by atoms with Crippen molar-refractivity contribution in [2.24, 2.45) is 11.3 Å². The third kappa shape index (κ3) is 2.17. The summed E-state index contributed by atoms with van der Waals surface area (Å²) in [6.07, 6.45) is 4.33. The van der Waals surface area contributed by atoms with E-state index in [4.69, 9.17) is 0 Å². The van der Waals surface area contributed by atoms with Gasteiger partial charge < -0.3 is 0 Å². The van der Waals surface area contributed by atoms with Crippen molar-refractivity contribution in [3.63, 3.8) is 0 Å². The largest absolute Gasteiger partial charge is 0.250 e. The second kappa shape index (κ2) is 3.22. The molecule has 1 heterocycles. The van der Waals surface area contributed by atoms with Crippen LogP contribution in [0.1, 0.15) is 33.1 Å². The highest BCUT2D eigenvalue weighted by Gasteiger charge is 2.37. The van der Waals surface area contributed by atoms with Crippen LogP contribution >= 0.6 is 11.9 Å². The van der Waals surface area contributed by atoms with Gasteiger partial charge in [-0.3, -0.25) is 4.31 Å². The fourth-order valence-electron chi connectivity index (χ4n) is 1.62. The Morgan fingerprint density at radius 3 is 2.75 bits per heavy atom. The van der Waals surface area contributed by atoms with Gasteiger partial charge in [0, 0.05) is 18.8 Å². The molecule has 0 aromatic heterocycles. The van der Waals surface area contributed by atoms with Crippen molar-refractivity contribution in [2.45, 2.75) is 33.1 Å². The maximum Gasteiger partial charge on any atom is 0.0135 e. The molecule has 1 aliphatic heterocycles. The summed E-state index contributed by atoms with van der Waals surface area (Å²) in [4.78, 5) is 0. The predicted octanol–water partition coefficient (Wildman–Crippen LogP) is 2.78. The van der Waals surface area contributed by atoms with Crippen LogP contribution in [-0.2, 0) is 0 Å². The van der Waals surface area contributed by atoms with E-state index >= 15 is 0 Å². The minimum atomic E-state index is 0.719. The molecule has 0 N–H and O–H groups in total. The van der Waals surface area contributed by atoms with Gasteiger partial charge in [0.2, 0.25) is 0 Å². The Bertz CT molecular complexity index is 165. The van der Waals surface area contributed by atoms with E-state index in [-0.39, 0.29) is 0 Å². The molecule has 0 radical (unpaired) electrons. The fraction of sp³-hybridized carbons (Fsp3) is 1.00. The second-order valence-corrected chi connectivity index (χ2v) is 5.93. The first-order chi connectivity index (χ1) is 5.68. The van der Waals surface area contributed by atoms with Crippen molar-refractivity contribution < 1.29 is 0 Å². The molecule has 1 saturated carbocycles. The van der Waals surface area contributed by atoms with Crippen molar-refractivity contribution in [2.75, 3.05) is 18.8 Å². The van der Waals surface area contributed by atoms with Crippen LogP contribution in [0.15, 0.2) is 0 Å². The molecule has 0 aromatic rings. The standard InChI is InChI=1S/C10H19NS/c1-9-3-6-11(7-9)12-8-10(2)4-5-10/h9H,3-8H2,1-2H3. The minimum absolute atomic E-state index is 0.719. The summed E-state index contributed by atoms with van der Waals surface area (Å²) in [5.41, 5.74) is 0.719. The van der Waals surface area contributed by atoms with Crippen molar-refractivity contribution >= 4 is 11.9 Å². The SMILES string of the molecule is CC1CCN(SCC2(C)CC2)C1. The Kier molecular flexibility index (Phi) is 2.39. The maximum absolute atomic E-state index is 2.56. The highest BCUT2D eigenvalue weighted by molar-refractivity contribution is 7.97. The smallest absolute Gasteiger partial charge is 0.0135 e. The highest BCUT2D eigenvalue weighted by Crippen LogP contribution is 2.48. The summed E-state index contributed by atoms with van der Waals surface area (Å²) < 4.78 is 2.56. The molecular weight excluding hydrogens is 166 g/mol. The van der Waals surface area contributed by atoms with Gasteiger partial charge in [-0.2, -0.15) is 0 Å². The maximum atomic E-state index is 2.56. The van der Waals surface area contributed by atoms with E-state index in [1.54, 1.807) is 0 Å². The van der Waals surface area contributed by atoms with Gasteiger partial charge in [-0.05, 0) is 30.6 Å². The Labute approximate surface area is 80.0 Å². The monoisotopic (exact) mass is 185 g/mol. The van der Waals surface area contributed by atoms with Gasteiger partial charge in [0.25, 0.3) is 0 Å². The lowest BCUT2D eigenvalue weighted by molar-refractivity contribution is 0.541. The van der Waals surface area contributed by atoms with Gasteiger partial charge in [0.1, 0.15) is 0 Å². The topological polar surface area (TPSA) is 3.24 Å². The molecule has 0 amide bonds. The van der Waals surface area contributed by atoms with Gasteiger partial charge in [0.05, 0.1) is 0 Å². The molecule has 2 fully saturated rings. The van der Waals surface area contributed by atoms with Crippen LogP contribution in [0.3, 0.4) is 0 Å². The van der Waals surface area contributed by atoms with Crippen LogP contribution in [0, 0.1) is 11.3 Å². The van der Waals surface area contributed by atoms with E-state index in [0.717, 1.165) is 11.3 Å². The Hall–Kier alpha value is 0.310. The molecule has 2 heteroatoms. The first-order valence-electron chi connectivity index (χ1n) is 5.06. The average molecular weight is 185 g/mol. The van der Waals surface area contributed by atoms with E-state index < -0.39 is 0 Å². The van der Waals surface area contributed by atoms with Crippen molar-refractivity contribution in [1.82, 2.24) is 4.31 Å². The molecule has 1 unspecified atom stereocenters. The van der Waals surface area contributed by atoms with E-state index in [1.165, 1.54) is 38.1 Å². The van der Waals surface area contributed by atoms with Crippen molar-refractivity contribution in [3.05, 3.63) is 0 Å². The molecule has 12 heavy (non-hydrogen) atoms. The van der Waals surface area contributed by atoms with Crippen LogP contribution < -0.4 is 0 Å². The summed E-state index contributed by atoms with van der Waals surface area (Å²) in [5, 5.41) is 0. The minimum Gasteiger partial charge on any atom is -0.250 e. The molecule has 70 valence electrons. The summed E-state index contributed by atoms with van der Waals surface area (Å²) in [7, 11) is 0. The number of nitrogens with zero attached hydrogens (tertiary/aromatic N) is 1. The first kappa shape index (κ1) is 8.89. The summed E-state index contributed by atoms with van der Waals surface area (Å²) in [6, 6.07) is 0. The van der Waals surface area contributed by atoms with Crippen molar-refractivity contribution in [1.29, 1.82) is 0 Å². The molecule has 1 atom stereocenters. The summed E-state index contributed by atoms with van der Waals surface area (Å²) in [6.45, 7) is 7.42. The third-order valence-corrected chi connectivity index (χ3v) is 4.61. The van der Waals surface area contributed by atoms with E-state index in [1.807, 2.05) is 0 Å². The van der Waals surface area contributed by atoms with Gasteiger partial charge in [-0.25, -0.2) is 0 Å². The zero-order chi connectivity index (χ0) is 8.60. The molecule has 2 rings (SSSR count).